The van der Waals surface area contributed by atoms with Gasteiger partial charge < -0.3 is 4.57 Å². The molecule has 21 heavy (non-hydrogen) atoms. The molecule has 1 unspecified atom stereocenters. The molecule has 0 radical (unpaired) electrons. The summed E-state index contributed by atoms with van der Waals surface area (Å²) >= 11 is 9.11. The van der Waals surface area contributed by atoms with E-state index in [1.807, 2.05) is 0 Å². The second kappa shape index (κ2) is 6.25. The Labute approximate surface area is 138 Å². The van der Waals surface area contributed by atoms with Gasteiger partial charge in [0.25, 0.3) is 0 Å². The molecule has 0 bridgehead atoms. The van der Waals surface area contributed by atoms with Crippen molar-refractivity contribution in [1.82, 2.24) is 9.55 Å². The van der Waals surface area contributed by atoms with E-state index < -0.39 is 0 Å². The van der Waals surface area contributed by atoms with E-state index in [2.05, 4.69) is 53.2 Å². The summed E-state index contributed by atoms with van der Waals surface area (Å²) in [5.74, 6) is 1.62. The van der Waals surface area contributed by atoms with Crippen molar-refractivity contribution >= 4 is 38.6 Å². The largest absolute Gasteiger partial charge is 0.328 e. The lowest BCUT2D eigenvalue weighted by Gasteiger charge is -2.28. The summed E-state index contributed by atoms with van der Waals surface area (Å²) in [7, 11) is 0. The molecule has 2 rings (SSSR count). The Kier molecular flexibility index (Phi) is 4.99. The molecule has 2 nitrogen and oxygen atoms in total. The quantitative estimate of drug-likeness (QED) is 0.654. The maximum atomic E-state index is 13.9. The fourth-order valence-corrected chi connectivity index (χ4v) is 2.70. The predicted octanol–water partition coefficient (Wildman–Crippen LogP) is 5.40. The maximum absolute atomic E-state index is 13.9. The van der Waals surface area contributed by atoms with E-state index in [-0.39, 0.29) is 11.2 Å². The molecule has 5 heteroatoms. The Balaban J connectivity index is 2.53. The first-order valence-electron chi connectivity index (χ1n) is 7.14. The van der Waals surface area contributed by atoms with Crippen LogP contribution in [0.15, 0.2) is 16.6 Å². The average Bonchev–Trinajstić information content (AvgIpc) is 2.67. The summed E-state index contributed by atoms with van der Waals surface area (Å²) in [5, 5.41) is 0. The zero-order chi connectivity index (χ0) is 15.8. The van der Waals surface area contributed by atoms with E-state index >= 15 is 0 Å². The molecule has 0 aliphatic heterocycles. The van der Waals surface area contributed by atoms with E-state index in [0.717, 1.165) is 23.4 Å². The molecule has 1 atom stereocenters. The zero-order valence-corrected chi connectivity index (χ0v) is 15.2. The Hall–Kier alpha value is -0.610. The molecule has 0 N–H and O–H groups in total. The van der Waals surface area contributed by atoms with Crippen molar-refractivity contribution in [3.63, 3.8) is 0 Å². The number of nitrogens with zero attached hydrogens (tertiary/aromatic N) is 2. The first-order chi connectivity index (χ1) is 9.74. The molecule has 2 aromatic rings. The smallest absolute Gasteiger partial charge is 0.139 e. The summed E-state index contributed by atoms with van der Waals surface area (Å²) < 4.78 is 16.4. The highest BCUT2D eigenvalue weighted by Gasteiger charge is 2.23. The van der Waals surface area contributed by atoms with Crippen molar-refractivity contribution in [2.75, 3.05) is 5.88 Å². The van der Waals surface area contributed by atoms with E-state index in [9.17, 15) is 4.39 Å². The van der Waals surface area contributed by atoms with E-state index in [1.165, 1.54) is 0 Å². The first kappa shape index (κ1) is 16.8. The molecular weight excluding hydrogens is 355 g/mol. The van der Waals surface area contributed by atoms with Gasteiger partial charge in [0.15, 0.2) is 0 Å². The van der Waals surface area contributed by atoms with Crippen molar-refractivity contribution in [3.8, 4) is 0 Å². The van der Waals surface area contributed by atoms with Crippen LogP contribution >= 0.6 is 27.5 Å². The third-order valence-corrected chi connectivity index (χ3v) is 4.92. The lowest BCUT2D eigenvalue weighted by atomic mass is 9.82. The van der Waals surface area contributed by atoms with Crippen LogP contribution in [0.25, 0.3) is 11.0 Å². The van der Waals surface area contributed by atoms with Gasteiger partial charge in [0.1, 0.15) is 11.6 Å². The van der Waals surface area contributed by atoms with Gasteiger partial charge in [-0.2, -0.15) is 0 Å². The lowest BCUT2D eigenvalue weighted by Crippen LogP contribution is -2.23. The van der Waals surface area contributed by atoms with Crippen molar-refractivity contribution in [1.29, 1.82) is 0 Å². The Morgan fingerprint density at radius 3 is 2.62 bits per heavy atom. The fourth-order valence-electron chi connectivity index (χ4n) is 2.20. The van der Waals surface area contributed by atoms with Crippen molar-refractivity contribution < 1.29 is 4.39 Å². The fraction of sp³-hybridized carbons (Fsp3) is 0.562. The average molecular weight is 376 g/mol. The van der Waals surface area contributed by atoms with Gasteiger partial charge in [-0.3, -0.25) is 0 Å². The van der Waals surface area contributed by atoms with Crippen molar-refractivity contribution in [3.05, 3.63) is 28.2 Å². The number of rotatable bonds is 4. The van der Waals surface area contributed by atoms with Crippen LogP contribution in [-0.4, -0.2) is 15.4 Å². The number of aryl methyl sites for hydroxylation is 1. The van der Waals surface area contributed by atoms with Crippen LogP contribution in [0.1, 0.15) is 33.5 Å². The minimum atomic E-state index is -0.260. The molecule has 1 aromatic heterocycles. The Morgan fingerprint density at radius 2 is 2.05 bits per heavy atom. The molecular formula is C16H21BrClFN2. The van der Waals surface area contributed by atoms with Crippen molar-refractivity contribution in [2.24, 2.45) is 11.3 Å². The number of alkyl halides is 1. The van der Waals surface area contributed by atoms with Crippen LogP contribution in [0.4, 0.5) is 4.39 Å². The normalized spacial score (nSPS) is 13.9. The van der Waals surface area contributed by atoms with Crippen LogP contribution in [0.5, 0.6) is 0 Å². The van der Waals surface area contributed by atoms with Gasteiger partial charge >= 0.3 is 0 Å². The SMILES string of the molecule is CC(Cn1c(CCCl)nc2cc(Br)c(F)cc21)C(C)(C)C. The standard InChI is InChI=1S/C16H21BrClFN2/c1-10(16(2,3)4)9-21-14-8-12(19)11(17)7-13(14)20-15(21)5-6-18/h7-8,10H,5-6,9H2,1-4H3. The van der Waals surface area contributed by atoms with Gasteiger partial charge in [0.2, 0.25) is 0 Å². The van der Waals surface area contributed by atoms with Gasteiger partial charge in [-0.15, -0.1) is 11.6 Å². The molecule has 0 amide bonds. The molecule has 0 fully saturated rings. The van der Waals surface area contributed by atoms with Gasteiger partial charge in [-0.05, 0) is 33.3 Å². The minimum Gasteiger partial charge on any atom is -0.328 e. The lowest BCUT2D eigenvalue weighted by molar-refractivity contribution is 0.233. The van der Waals surface area contributed by atoms with E-state index in [0.29, 0.717) is 22.7 Å². The summed E-state index contributed by atoms with van der Waals surface area (Å²) in [6.45, 7) is 9.68. The molecule has 0 saturated heterocycles. The molecule has 0 saturated carbocycles. The highest BCUT2D eigenvalue weighted by atomic mass is 79.9. The third kappa shape index (κ3) is 3.59. The van der Waals surface area contributed by atoms with Crippen LogP contribution in [0.2, 0.25) is 0 Å². The van der Waals surface area contributed by atoms with Gasteiger partial charge in [0.05, 0.1) is 15.5 Å². The molecule has 1 aromatic carbocycles. The van der Waals surface area contributed by atoms with E-state index in [4.69, 9.17) is 11.6 Å². The highest BCUT2D eigenvalue weighted by Crippen LogP contribution is 2.30. The Bertz CT molecular complexity index is 646. The van der Waals surface area contributed by atoms with Gasteiger partial charge in [-0.25, -0.2) is 9.37 Å². The third-order valence-electron chi connectivity index (χ3n) is 4.12. The number of imidazole rings is 1. The predicted molar refractivity (Wildman–Crippen MR) is 90.4 cm³/mol. The number of halogens is 3. The number of benzene rings is 1. The topological polar surface area (TPSA) is 17.8 Å². The van der Waals surface area contributed by atoms with Crippen LogP contribution in [-0.2, 0) is 13.0 Å². The second-order valence-corrected chi connectivity index (χ2v) is 7.83. The highest BCUT2D eigenvalue weighted by molar-refractivity contribution is 9.10. The van der Waals surface area contributed by atoms with E-state index in [1.54, 1.807) is 12.1 Å². The van der Waals surface area contributed by atoms with Crippen LogP contribution in [0.3, 0.4) is 0 Å². The molecule has 0 aliphatic carbocycles. The second-order valence-electron chi connectivity index (χ2n) is 6.60. The summed E-state index contributed by atoms with van der Waals surface area (Å²) in [6, 6.07) is 3.29. The maximum Gasteiger partial charge on any atom is 0.139 e. The Morgan fingerprint density at radius 1 is 1.38 bits per heavy atom. The zero-order valence-electron chi connectivity index (χ0n) is 12.9. The number of fused-ring (bicyclic) bond motifs is 1. The summed E-state index contributed by atoms with van der Waals surface area (Å²) in [6.07, 6.45) is 0.687. The first-order valence-corrected chi connectivity index (χ1v) is 8.47. The van der Waals surface area contributed by atoms with Crippen LogP contribution in [0, 0.1) is 17.2 Å². The number of hydrogen-bond acceptors (Lipinski definition) is 1. The molecule has 1 heterocycles. The summed E-state index contributed by atoms with van der Waals surface area (Å²) in [5.41, 5.74) is 1.83. The number of hydrogen-bond donors (Lipinski definition) is 0. The minimum absolute atomic E-state index is 0.183. The van der Waals surface area contributed by atoms with Gasteiger partial charge in [0, 0.05) is 24.9 Å². The molecule has 116 valence electrons. The van der Waals surface area contributed by atoms with Crippen molar-refractivity contribution in [2.45, 2.75) is 40.7 Å². The monoisotopic (exact) mass is 374 g/mol. The summed E-state index contributed by atoms with van der Waals surface area (Å²) in [4.78, 5) is 4.62. The molecule has 0 aliphatic rings. The van der Waals surface area contributed by atoms with Crippen LogP contribution < -0.4 is 0 Å². The molecule has 0 spiro atoms. The number of aromatic nitrogens is 2. The van der Waals surface area contributed by atoms with Gasteiger partial charge in [-0.1, -0.05) is 27.7 Å².